The molecule has 0 spiro atoms. The highest BCUT2D eigenvalue weighted by Gasteiger charge is 2.36. The Morgan fingerprint density at radius 3 is 2.96 bits per heavy atom. The number of aryl methyl sites for hydroxylation is 1. The number of rotatable bonds is 3. The minimum Gasteiger partial charge on any atom is -0.481 e. The average Bonchev–Trinajstić information content (AvgIpc) is 2.97. The van der Waals surface area contributed by atoms with E-state index < -0.39 is 6.09 Å². The van der Waals surface area contributed by atoms with E-state index in [0.29, 0.717) is 24.5 Å². The van der Waals surface area contributed by atoms with Crippen molar-refractivity contribution in [2.45, 2.75) is 25.9 Å². The molecule has 0 radical (unpaired) electrons. The summed E-state index contributed by atoms with van der Waals surface area (Å²) in [6, 6.07) is 3.71. The van der Waals surface area contributed by atoms with Crippen molar-refractivity contribution in [3.05, 3.63) is 17.7 Å². The van der Waals surface area contributed by atoms with Gasteiger partial charge in [-0.05, 0) is 24.5 Å². The van der Waals surface area contributed by atoms with Crippen LogP contribution in [0.25, 0.3) is 0 Å². The summed E-state index contributed by atoms with van der Waals surface area (Å²) in [5, 5.41) is 2.66. The van der Waals surface area contributed by atoms with Gasteiger partial charge in [-0.3, -0.25) is 14.5 Å². The summed E-state index contributed by atoms with van der Waals surface area (Å²) in [7, 11) is 0. The van der Waals surface area contributed by atoms with Crippen LogP contribution in [0.2, 0.25) is 0 Å². The summed E-state index contributed by atoms with van der Waals surface area (Å²) < 4.78 is 10.9. The molecular formula is C17H19N3O5. The molecule has 1 aromatic rings. The molecule has 3 aliphatic heterocycles. The summed E-state index contributed by atoms with van der Waals surface area (Å²) in [4.78, 5) is 38.6. The lowest BCUT2D eigenvalue weighted by Crippen LogP contribution is -2.42. The minimum absolute atomic E-state index is 0.0193. The number of ether oxygens (including phenoxy) is 2. The maximum Gasteiger partial charge on any atom is 0.414 e. The van der Waals surface area contributed by atoms with Gasteiger partial charge >= 0.3 is 6.09 Å². The molecule has 0 aliphatic carbocycles. The lowest BCUT2D eigenvalue weighted by atomic mass is 9.98. The lowest BCUT2D eigenvalue weighted by molar-refractivity contribution is -0.121. The van der Waals surface area contributed by atoms with Gasteiger partial charge in [-0.2, -0.15) is 0 Å². The van der Waals surface area contributed by atoms with Crippen LogP contribution in [0.15, 0.2) is 12.1 Å². The van der Waals surface area contributed by atoms with Crippen molar-refractivity contribution in [3.8, 4) is 5.75 Å². The minimum atomic E-state index is -0.443. The topological polar surface area (TPSA) is 88.2 Å². The number of nitrogens with one attached hydrogen (secondary N) is 1. The third-order valence-corrected chi connectivity index (χ3v) is 4.65. The summed E-state index contributed by atoms with van der Waals surface area (Å²) in [5.74, 6) is 0.438. The first-order valence-electron chi connectivity index (χ1n) is 8.35. The van der Waals surface area contributed by atoms with Crippen LogP contribution in [0.3, 0.4) is 0 Å². The van der Waals surface area contributed by atoms with Crippen molar-refractivity contribution in [3.63, 3.8) is 0 Å². The zero-order valence-electron chi connectivity index (χ0n) is 13.9. The van der Waals surface area contributed by atoms with Gasteiger partial charge in [-0.25, -0.2) is 4.79 Å². The van der Waals surface area contributed by atoms with Crippen LogP contribution < -0.4 is 19.9 Å². The van der Waals surface area contributed by atoms with Crippen LogP contribution in [0.1, 0.15) is 18.9 Å². The van der Waals surface area contributed by atoms with E-state index in [1.807, 2.05) is 6.07 Å². The van der Waals surface area contributed by atoms with Gasteiger partial charge in [0.05, 0.1) is 24.5 Å². The van der Waals surface area contributed by atoms with Crippen molar-refractivity contribution >= 4 is 29.3 Å². The maximum atomic E-state index is 12.2. The van der Waals surface area contributed by atoms with Crippen LogP contribution in [0.5, 0.6) is 5.75 Å². The first-order chi connectivity index (χ1) is 12.0. The number of anilines is 2. The van der Waals surface area contributed by atoms with E-state index in [-0.39, 0.29) is 31.1 Å². The SMILES string of the molecule is CC(=O)NC[C@H]1CN(c2cc3c4c(c2)OCC(=O)N4CCC3)C(=O)O1. The fraction of sp³-hybridized carbons (Fsp3) is 0.471. The monoisotopic (exact) mass is 345 g/mol. The van der Waals surface area contributed by atoms with Gasteiger partial charge in [0.1, 0.15) is 11.9 Å². The number of hydrogen-bond acceptors (Lipinski definition) is 5. The standard InChI is InChI=1S/C17H19N3O5/c1-10(21)18-7-13-8-20(17(23)25-13)12-5-11-3-2-4-19-15(22)9-24-14(6-12)16(11)19/h5-6,13H,2-4,7-9H2,1H3,(H,18,21)/t13-/m0/s1. The Morgan fingerprint density at radius 1 is 1.32 bits per heavy atom. The molecule has 0 bridgehead atoms. The van der Waals surface area contributed by atoms with Crippen molar-refractivity contribution in [2.75, 3.05) is 36.0 Å². The number of nitrogens with zero attached hydrogens (tertiary/aromatic N) is 2. The Labute approximate surface area is 144 Å². The molecule has 0 unspecified atom stereocenters. The molecule has 8 heteroatoms. The third kappa shape index (κ3) is 2.77. The second-order valence-corrected chi connectivity index (χ2v) is 6.44. The fourth-order valence-corrected chi connectivity index (χ4v) is 3.51. The van der Waals surface area contributed by atoms with Gasteiger partial charge in [0.2, 0.25) is 5.91 Å². The van der Waals surface area contributed by atoms with E-state index in [4.69, 9.17) is 9.47 Å². The largest absolute Gasteiger partial charge is 0.481 e. The van der Waals surface area contributed by atoms with Crippen LogP contribution >= 0.6 is 0 Å². The molecule has 0 saturated carbocycles. The lowest BCUT2D eigenvalue weighted by Gasteiger charge is -2.35. The molecule has 1 saturated heterocycles. The molecule has 1 aromatic carbocycles. The van der Waals surface area contributed by atoms with E-state index in [0.717, 1.165) is 24.1 Å². The number of benzene rings is 1. The Morgan fingerprint density at radius 2 is 2.16 bits per heavy atom. The normalized spacial score (nSPS) is 21.6. The summed E-state index contributed by atoms with van der Waals surface area (Å²) in [6.07, 6.45) is 0.892. The maximum absolute atomic E-state index is 12.2. The second kappa shape index (κ2) is 5.94. The molecule has 1 N–H and O–H groups in total. The Balaban J connectivity index is 1.61. The molecule has 3 amide bonds. The number of amides is 3. The first-order valence-corrected chi connectivity index (χ1v) is 8.35. The van der Waals surface area contributed by atoms with E-state index >= 15 is 0 Å². The van der Waals surface area contributed by atoms with Crippen LogP contribution in [-0.2, 0) is 20.7 Å². The quantitative estimate of drug-likeness (QED) is 0.876. The second-order valence-electron chi connectivity index (χ2n) is 6.44. The van der Waals surface area contributed by atoms with Crippen molar-refractivity contribution in [1.82, 2.24) is 5.32 Å². The highest BCUT2D eigenvalue weighted by Crippen LogP contribution is 2.42. The number of cyclic esters (lactones) is 1. The van der Waals surface area contributed by atoms with Gasteiger partial charge < -0.3 is 19.7 Å². The zero-order valence-corrected chi connectivity index (χ0v) is 13.9. The molecule has 0 aromatic heterocycles. The molecule has 132 valence electrons. The number of hydrogen-bond donors (Lipinski definition) is 1. The fourth-order valence-electron chi connectivity index (χ4n) is 3.51. The highest BCUT2D eigenvalue weighted by molar-refractivity contribution is 6.00. The molecule has 3 aliphatic rings. The third-order valence-electron chi connectivity index (χ3n) is 4.65. The van der Waals surface area contributed by atoms with Crippen LogP contribution in [0.4, 0.5) is 16.2 Å². The predicted molar refractivity (Wildman–Crippen MR) is 88.9 cm³/mol. The first kappa shape index (κ1) is 15.7. The Kier molecular flexibility index (Phi) is 3.74. The van der Waals surface area contributed by atoms with Crippen LogP contribution in [-0.4, -0.2) is 50.3 Å². The van der Waals surface area contributed by atoms with Gasteiger partial charge in [0.15, 0.2) is 6.61 Å². The average molecular weight is 345 g/mol. The molecule has 1 atom stereocenters. The molecule has 1 fully saturated rings. The summed E-state index contributed by atoms with van der Waals surface area (Å²) in [5.41, 5.74) is 2.53. The van der Waals surface area contributed by atoms with E-state index in [2.05, 4.69) is 5.32 Å². The van der Waals surface area contributed by atoms with Gasteiger partial charge in [0, 0.05) is 19.5 Å². The van der Waals surface area contributed by atoms with Crippen molar-refractivity contribution in [2.24, 2.45) is 0 Å². The number of carbonyl (C=O) groups excluding carboxylic acids is 3. The van der Waals surface area contributed by atoms with E-state index in [1.165, 1.54) is 6.92 Å². The molecule has 4 rings (SSSR count). The zero-order chi connectivity index (χ0) is 17.6. The Hall–Kier alpha value is -2.77. The highest BCUT2D eigenvalue weighted by atomic mass is 16.6. The van der Waals surface area contributed by atoms with Crippen molar-refractivity contribution < 1.29 is 23.9 Å². The van der Waals surface area contributed by atoms with Gasteiger partial charge in [-0.1, -0.05) is 0 Å². The molecule has 8 nitrogen and oxygen atoms in total. The number of carbonyl (C=O) groups is 3. The van der Waals surface area contributed by atoms with Gasteiger partial charge in [0.25, 0.3) is 5.91 Å². The molecule has 3 heterocycles. The summed E-state index contributed by atoms with van der Waals surface area (Å²) in [6.45, 7) is 2.79. The Bertz CT molecular complexity index is 746. The van der Waals surface area contributed by atoms with Crippen LogP contribution in [0, 0.1) is 0 Å². The van der Waals surface area contributed by atoms with E-state index in [9.17, 15) is 14.4 Å². The smallest absolute Gasteiger partial charge is 0.414 e. The van der Waals surface area contributed by atoms with Gasteiger partial charge in [-0.15, -0.1) is 0 Å². The molecule has 25 heavy (non-hydrogen) atoms. The van der Waals surface area contributed by atoms with E-state index in [1.54, 1.807) is 15.9 Å². The molecular weight excluding hydrogens is 326 g/mol. The predicted octanol–water partition coefficient (Wildman–Crippen LogP) is 0.819. The summed E-state index contributed by atoms with van der Waals surface area (Å²) >= 11 is 0. The van der Waals surface area contributed by atoms with Crippen molar-refractivity contribution in [1.29, 1.82) is 0 Å².